The van der Waals surface area contributed by atoms with Gasteiger partial charge in [0.1, 0.15) is 10.4 Å². The summed E-state index contributed by atoms with van der Waals surface area (Å²) >= 11 is 6.60. The van der Waals surface area contributed by atoms with Crippen molar-refractivity contribution in [2.24, 2.45) is 0 Å². The number of anilines is 1. The van der Waals surface area contributed by atoms with E-state index in [0.29, 0.717) is 6.54 Å². The summed E-state index contributed by atoms with van der Waals surface area (Å²) in [5, 5.41) is 3.27. The molecule has 2 heterocycles. The van der Waals surface area contributed by atoms with Crippen LogP contribution in [0.4, 0.5) is 5.69 Å². The fourth-order valence-electron chi connectivity index (χ4n) is 1.35. The van der Waals surface area contributed by atoms with E-state index in [1.807, 2.05) is 31.2 Å². The third kappa shape index (κ3) is 2.86. The molecule has 0 aliphatic rings. The highest BCUT2D eigenvalue weighted by molar-refractivity contribution is 9.10. The molecule has 2 aromatic rings. The molecule has 0 spiro atoms. The van der Waals surface area contributed by atoms with Crippen molar-refractivity contribution in [2.45, 2.75) is 13.5 Å². The zero-order valence-electron chi connectivity index (χ0n) is 8.63. The van der Waals surface area contributed by atoms with Gasteiger partial charge in [-0.1, -0.05) is 0 Å². The van der Waals surface area contributed by atoms with Crippen LogP contribution in [0.25, 0.3) is 0 Å². The molecule has 0 saturated carbocycles. The fourth-order valence-corrected chi connectivity index (χ4v) is 2.08. The minimum atomic E-state index is 0.649. The van der Waals surface area contributed by atoms with Crippen molar-refractivity contribution in [3.05, 3.63) is 45.0 Å². The van der Waals surface area contributed by atoms with Crippen LogP contribution in [0, 0.1) is 6.92 Å². The van der Waals surface area contributed by atoms with Crippen LogP contribution in [0.2, 0.25) is 0 Å². The standard InChI is InChI=1S/C11H10Br2N2O/c1-7-9(3-4-10(12)15-7)14-6-8-2-5-11(13)16-8/h2-5,14H,6H2,1H3. The van der Waals surface area contributed by atoms with Crippen molar-refractivity contribution in [3.63, 3.8) is 0 Å². The molecule has 0 unspecified atom stereocenters. The molecule has 0 aliphatic carbocycles. The van der Waals surface area contributed by atoms with Gasteiger partial charge in [0.25, 0.3) is 0 Å². The molecule has 0 bridgehead atoms. The van der Waals surface area contributed by atoms with Crippen LogP contribution in [0.3, 0.4) is 0 Å². The molecule has 16 heavy (non-hydrogen) atoms. The van der Waals surface area contributed by atoms with Crippen LogP contribution in [0.15, 0.2) is 38.0 Å². The quantitative estimate of drug-likeness (QED) is 0.850. The van der Waals surface area contributed by atoms with Crippen LogP contribution >= 0.6 is 31.9 Å². The first kappa shape index (κ1) is 11.7. The maximum atomic E-state index is 5.39. The Labute approximate surface area is 111 Å². The Morgan fingerprint density at radius 2 is 2.06 bits per heavy atom. The summed E-state index contributed by atoms with van der Waals surface area (Å²) in [6.45, 7) is 2.61. The van der Waals surface area contributed by atoms with Gasteiger partial charge in [0, 0.05) is 0 Å². The average Bonchev–Trinajstić information content (AvgIpc) is 2.63. The number of hydrogen-bond donors (Lipinski definition) is 1. The van der Waals surface area contributed by atoms with Gasteiger partial charge >= 0.3 is 0 Å². The topological polar surface area (TPSA) is 38.1 Å². The van der Waals surface area contributed by atoms with Crippen molar-refractivity contribution in [2.75, 3.05) is 5.32 Å². The van der Waals surface area contributed by atoms with E-state index in [1.165, 1.54) is 0 Å². The van der Waals surface area contributed by atoms with Gasteiger partial charge < -0.3 is 9.73 Å². The van der Waals surface area contributed by atoms with E-state index >= 15 is 0 Å². The van der Waals surface area contributed by atoms with Gasteiger partial charge in [-0.3, -0.25) is 0 Å². The molecule has 5 heteroatoms. The molecule has 0 aliphatic heterocycles. The van der Waals surface area contributed by atoms with E-state index in [0.717, 1.165) is 26.4 Å². The summed E-state index contributed by atoms with van der Waals surface area (Å²) in [6, 6.07) is 7.71. The lowest BCUT2D eigenvalue weighted by Crippen LogP contribution is -2.01. The summed E-state index contributed by atoms with van der Waals surface area (Å²) in [6.07, 6.45) is 0. The minimum absolute atomic E-state index is 0.649. The van der Waals surface area contributed by atoms with Crippen molar-refractivity contribution in [1.29, 1.82) is 0 Å². The lowest BCUT2D eigenvalue weighted by atomic mass is 10.3. The molecular weight excluding hydrogens is 336 g/mol. The number of nitrogens with zero attached hydrogens (tertiary/aromatic N) is 1. The Kier molecular flexibility index (Phi) is 3.66. The maximum absolute atomic E-state index is 5.39. The van der Waals surface area contributed by atoms with E-state index in [2.05, 4.69) is 42.2 Å². The molecule has 3 nitrogen and oxygen atoms in total. The van der Waals surface area contributed by atoms with Crippen LogP contribution in [0.1, 0.15) is 11.5 Å². The summed E-state index contributed by atoms with van der Waals surface area (Å²) in [5.74, 6) is 0.884. The van der Waals surface area contributed by atoms with Crippen LogP contribution in [-0.2, 0) is 6.54 Å². The van der Waals surface area contributed by atoms with Crippen LogP contribution < -0.4 is 5.32 Å². The van der Waals surface area contributed by atoms with E-state index < -0.39 is 0 Å². The lowest BCUT2D eigenvalue weighted by molar-refractivity contribution is 0.495. The first-order valence-corrected chi connectivity index (χ1v) is 6.35. The molecule has 2 rings (SSSR count). The average molecular weight is 346 g/mol. The van der Waals surface area contributed by atoms with Gasteiger partial charge in [-0.05, 0) is 63.0 Å². The molecule has 0 fully saturated rings. The van der Waals surface area contributed by atoms with Crippen molar-refractivity contribution in [3.8, 4) is 0 Å². The fraction of sp³-hybridized carbons (Fsp3) is 0.182. The number of aromatic nitrogens is 1. The molecule has 1 N–H and O–H groups in total. The SMILES string of the molecule is Cc1nc(Br)ccc1NCc1ccc(Br)o1. The number of furan rings is 1. The molecule has 0 radical (unpaired) electrons. The molecule has 0 atom stereocenters. The van der Waals surface area contributed by atoms with Crippen LogP contribution in [0.5, 0.6) is 0 Å². The van der Waals surface area contributed by atoms with Crippen LogP contribution in [-0.4, -0.2) is 4.98 Å². The molecule has 0 aromatic carbocycles. The third-order valence-electron chi connectivity index (χ3n) is 2.13. The predicted octanol–water partition coefficient (Wildman–Crippen LogP) is 4.12. The Morgan fingerprint density at radius 1 is 1.25 bits per heavy atom. The van der Waals surface area contributed by atoms with E-state index in [9.17, 15) is 0 Å². The second kappa shape index (κ2) is 5.01. The Morgan fingerprint density at radius 3 is 2.69 bits per heavy atom. The van der Waals surface area contributed by atoms with Gasteiger partial charge in [0.2, 0.25) is 0 Å². The number of halogens is 2. The zero-order chi connectivity index (χ0) is 11.5. The molecule has 0 amide bonds. The zero-order valence-corrected chi connectivity index (χ0v) is 11.8. The Hall–Kier alpha value is -0.810. The lowest BCUT2D eigenvalue weighted by Gasteiger charge is -2.07. The Bertz CT molecular complexity index is 496. The predicted molar refractivity (Wildman–Crippen MR) is 70.4 cm³/mol. The normalized spacial score (nSPS) is 10.4. The monoisotopic (exact) mass is 344 g/mol. The number of hydrogen-bond acceptors (Lipinski definition) is 3. The highest BCUT2D eigenvalue weighted by Crippen LogP contribution is 2.19. The molecule has 2 aromatic heterocycles. The summed E-state index contributed by atoms with van der Waals surface area (Å²) in [7, 11) is 0. The number of rotatable bonds is 3. The van der Waals surface area contributed by atoms with Gasteiger partial charge in [-0.25, -0.2) is 4.98 Å². The van der Waals surface area contributed by atoms with Gasteiger partial charge in [-0.15, -0.1) is 0 Å². The number of pyridine rings is 1. The Balaban J connectivity index is 2.04. The first-order valence-electron chi connectivity index (χ1n) is 4.76. The van der Waals surface area contributed by atoms with E-state index in [-0.39, 0.29) is 0 Å². The van der Waals surface area contributed by atoms with Crippen molar-refractivity contribution < 1.29 is 4.42 Å². The first-order chi connectivity index (χ1) is 7.65. The maximum Gasteiger partial charge on any atom is 0.169 e. The summed E-state index contributed by atoms with van der Waals surface area (Å²) < 4.78 is 6.98. The minimum Gasteiger partial charge on any atom is -0.452 e. The highest BCUT2D eigenvalue weighted by atomic mass is 79.9. The van der Waals surface area contributed by atoms with Gasteiger partial charge in [0.15, 0.2) is 4.67 Å². The largest absolute Gasteiger partial charge is 0.452 e. The summed E-state index contributed by atoms with van der Waals surface area (Å²) in [4.78, 5) is 4.31. The molecular formula is C11H10Br2N2O. The third-order valence-corrected chi connectivity index (χ3v) is 3.00. The van der Waals surface area contributed by atoms with Gasteiger partial charge in [0.05, 0.1) is 17.9 Å². The van der Waals surface area contributed by atoms with E-state index in [4.69, 9.17) is 4.42 Å². The van der Waals surface area contributed by atoms with Crippen molar-refractivity contribution >= 4 is 37.5 Å². The van der Waals surface area contributed by atoms with Gasteiger partial charge in [-0.2, -0.15) is 0 Å². The molecule has 0 saturated heterocycles. The molecule has 84 valence electrons. The smallest absolute Gasteiger partial charge is 0.169 e. The van der Waals surface area contributed by atoms with E-state index in [1.54, 1.807) is 0 Å². The second-order valence-electron chi connectivity index (χ2n) is 3.33. The summed E-state index contributed by atoms with van der Waals surface area (Å²) in [5.41, 5.74) is 1.97. The highest BCUT2D eigenvalue weighted by Gasteiger charge is 2.02. The number of aryl methyl sites for hydroxylation is 1. The van der Waals surface area contributed by atoms with Crippen molar-refractivity contribution in [1.82, 2.24) is 4.98 Å². The number of nitrogens with one attached hydrogen (secondary N) is 1. The second-order valence-corrected chi connectivity index (χ2v) is 4.92.